The number of hydrogen-bond donors (Lipinski definition) is 1. The molecule has 0 spiro atoms. The fraction of sp³-hybridized carbons (Fsp3) is 0.706. The van der Waals surface area contributed by atoms with Crippen LogP contribution in [0, 0.1) is 11.3 Å². The van der Waals surface area contributed by atoms with Crippen LogP contribution >= 0.6 is 0 Å². The number of carbonyl (C=O) groups excluding carboxylic acids is 2. The van der Waals surface area contributed by atoms with Gasteiger partial charge in [0.15, 0.2) is 0 Å². The van der Waals surface area contributed by atoms with Gasteiger partial charge >= 0.3 is 22.3 Å². The van der Waals surface area contributed by atoms with E-state index in [4.69, 9.17) is 28.2 Å². The molecule has 264 valence electrons. The average Bonchev–Trinajstić information content (AvgIpc) is 3.03. The van der Waals surface area contributed by atoms with Crippen molar-refractivity contribution in [2.75, 3.05) is 47.3 Å². The maximum atomic E-state index is 12.7. The fourth-order valence-corrected chi connectivity index (χ4v) is 5.49. The lowest BCUT2D eigenvalue weighted by atomic mass is 9.75. The highest BCUT2D eigenvalue weighted by molar-refractivity contribution is 7.80. The number of carbonyl (C=O) groups is 2. The minimum absolute atomic E-state index is 0.0668. The van der Waals surface area contributed by atoms with Crippen molar-refractivity contribution in [2.24, 2.45) is 11.3 Å². The third-order valence-corrected chi connectivity index (χ3v) is 8.29. The maximum Gasteiger partial charge on any atom is 0.397 e. The minimum Gasteiger partial charge on any atom is -0.491 e. The highest BCUT2D eigenvalue weighted by atomic mass is 32.3. The van der Waals surface area contributed by atoms with Gasteiger partial charge in [-0.25, -0.2) is 8.98 Å². The molecular formula is C34H56O11S. The smallest absolute Gasteiger partial charge is 0.397 e. The first kappa shape index (κ1) is 41.5. The van der Waals surface area contributed by atoms with Crippen LogP contribution in [-0.4, -0.2) is 78.3 Å². The minimum atomic E-state index is -4.59. The summed E-state index contributed by atoms with van der Waals surface area (Å²) >= 11 is 0. The van der Waals surface area contributed by atoms with Crippen molar-refractivity contribution in [3.8, 4) is 5.75 Å². The first-order valence-electron chi connectivity index (χ1n) is 16.2. The van der Waals surface area contributed by atoms with Crippen LogP contribution in [0.25, 0.3) is 0 Å². The lowest BCUT2D eigenvalue weighted by Gasteiger charge is -2.31. The average molecular weight is 673 g/mol. The molecule has 0 saturated carbocycles. The molecule has 12 heteroatoms. The van der Waals surface area contributed by atoms with Crippen molar-refractivity contribution in [1.82, 2.24) is 0 Å². The molecule has 0 heterocycles. The van der Waals surface area contributed by atoms with Crippen LogP contribution in [-0.2, 0) is 49.5 Å². The van der Waals surface area contributed by atoms with Crippen LogP contribution < -0.4 is 4.74 Å². The lowest BCUT2D eigenvalue weighted by molar-refractivity contribution is -0.153. The second-order valence-electron chi connectivity index (χ2n) is 11.9. The number of methoxy groups -OCH3 is 2. The first-order valence-corrected chi connectivity index (χ1v) is 17.6. The Balaban J connectivity index is 2.73. The van der Waals surface area contributed by atoms with E-state index in [2.05, 4.69) is 29.8 Å². The SMILES string of the molecule is C=C(CC(C)(CC(CC)COCC(COc1ccc(CCCCCCCCC)cc1)OCCOS(=O)(=O)O)C(=O)OC)C(=O)OC. The standard InChI is InChI=1S/C34H56O11S/c1-7-9-10-11-12-13-14-15-29-16-18-30(19-17-29)44-26-31(43-20-21-45-46(37,38)39)25-42-24-28(8-2)23-34(4,33(36)41-6)22-27(3)32(35)40-5/h16-19,28,31H,3,7-15,20-26H2,1-2,4-6H3,(H,37,38,39). The van der Waals surface area contributed by atoms with Crippen molar-refractivity contribution in [1.29, 1.82) is 0 Å². The van der Waals surface area contributed by atoms with E-state index in [1.807, 2.05) is 19.1 Å². The molecule has 0 radical (unpaired) electrons. The van der Waals surface area contributed by atoms with E-state index >= 15 is 0 Å². The lowest BCUT2D eigenvalue weighted by Crippen LogP contribution is -2.35. The Morgan fingerprint density at radius 3 is 2.15 bits per heavy atom. The molecule has 0 fully saturated rings. The predicted molar refractivity (Wildman–Crippen MR) is 176 cm³/mol. The fourth-order valence-electron chi connectivity index (χ4n) is 5.21. The normalized spacial score (nSPS) is 14.2. The van der Waals surface area contributed by atoms with Gasteiger partial charge < -0.3 is 23.7 Å². The molecule has 3 unspecified atom stereocenters. The number of aryl methyl sites for hydroxylation is 1. The Morgan fingerprint density at radius 1 is 0.913 bits per heavy atom. The Morgan fingerprint density at radius 2 is 1.57 bits per heavy atom. The van der Waals surface area contributed by atoms with Crippen molar-refractivity contribution in [3.63, 3.8) is 0 Å². The summed E-state index contributed by atoms with van der Waals surface area (Å²) in [6.45, 7) is 9.71. The first-order chi connectivity index (χ1) is 21.9. The second-order valence-corrected chi connectivity index (χ2v) is 13.0. The van der Waals surface area contributed by atoms with Gasteiger partial charge in [-0.05, 0) is 56.2 Å². The largest absolute Gasteiger partial charge is 0.491 e. The zero-order valence-corrected chi connectivity index (χ0v) is 29.2. The van der Waals surface area contributed by atoms with Gasteiger partial charge in [-0.1, -0.05) is 77.5 Å². The van der Waals surface area contributed by atoms with Gasteiger partial charge in [-0.2, -0.15) is 8.42 Å². The molecule has 1 N–H and O–H groups in total. The van der Waals surface area contributed by atoms with Gasteiger partial charge in [0, 0.05) is 12.2 Å². The molecule has 0 amide bonds. The molecule has 1 aromatic rings. The number of ether oxygens (including phenoxy) is 5. The Bertz CT molecular complexity index is 1120. The monoisotopic (exact) mass is 672 g/mol. The van der Waals surface area contributed by atoms with E-state index in [0.29, 0.717) is 18.6 Å². The number of rotatable bonds is 27. The Labute approximate surface area is 276 Å². The maximum absolute atomic E-state index is 12.7. The summed E-state index contributed by atoms with van der Waals surface area (Å²) in [4.78, 5) is 24.7. The van der Waals surface area contributed by atoms with E-state index in [0.717, 1.165) is 12.8 Å². The van der Waals surface area contributed by atoms with E-state index in [-0.39, 0.29) is 50.9 Å². The molecule has 11 nitrogen and oxygen atoms in total. The molecule has 46 heavy (non-hydrogen) atoms. The number of hydrogen-bond acceptors (Lipinski definition) is 10. The molecule has 0 aliphatic rings. The van der Waals surface area contributed by atoms with Crippen LogP contribution in [0.3, 0.4) is 0 Å². The van der Waals surface area contributed by atoms with E-state index in [9.17, 15) is 18.0 Å². The summed E-state index contributed by atoms with van der Waals surface area (Å²) in [5, 5.41) is 0. The molecular weight excluding hydrogens is 616 g/mol. The third kappa shape index (κ3) is 18.0. The predicted octanol–water partition coefficient (Wildman–Crippen LogP) is 6.29. The number of esters is 2. The number of benzene rings is 1. The molecule has 0 aliphatic heterocycles. The van der Waals surface area contributed by atoms with Crippen molar-refractivity contribution in [2.45, 2.75) is 97.5 Å². The molecule has 0 bridgehead atoms. The van der Waals surface area contributed by atoms with Crippen LogP contribution in [0.4, 0.5) is 0 Å². The van der Waals surface area contributed by atoms with E-state index in [1.165, 1.54) is 58.3 Å². The molecule has 0 aliphatic carbocycles. The van der Waals surface area contributed by atoms with Crippen LogP contribution in [0.1, 0.15) is 90.5 Å². The summed E-state index contributed by atoms with van der Waals surface area (Å²) in [5.41, 5.74) is 0.408. The van der Waals surface area contributed by atoms with Gasteiger partial charge in [-0.15, -0.1) is 0 Å². The summed E-state index contributed by atoms with van der Waals surface area (Å²) < 4.78 is 62.5. The zero-order chi connectivity index (χ0) is 34.4. The van der Waals surface area contributed by atoms with Gasteiger partial charge in [0.1, 0.15) is 18.5 Å². The Kier molecular flexibility index (Phi) is 20.7. The molecule has 0 aromatic heterocycles. The number of unbranched alkanes of at least 4 members (excludes halogenated alkanes) is 6. The van der Waals surface area contributed by atoms with Crippen LogP contribution in [0.15, 0.2) is 36.4 Å². The van der Waals surface area contributed by atoms with Crippen molar-refractivity contribution < 1.29 is 50.4 Å². The highest BCUT2D eigenvalue weighted by Gasteiger charge is 2.38. The topological polar surface area (TPSA) is 144 Å². The van der Waals surface area contributed by atoms with E-state index < -0.39 is 33.9 Å². The summed E-state index contributed by atoms with van der Waals surface area (Å²) in [5.74, 6) is -0.446. The van der Waals surface area contributed by atoms with Gasteiger partial charge in [-0.3, -0.25) is 9.35 Å². The Hall–Kier alpha value is -2.51. The second kappa shape index (κ2) is 22.9. The zero-order valence-electron chi connectivity index (χ0n) is 28.4. The molecule has 3 atom stereocenters. The molecule has 1 rings (SSSR count). The summed E-state index contributed by atoms with van der Waals surface area (Å²) in [6, 6.07) is 7.94. The highest BCUT2D eigenvalue weighted by Crippen LogP contribution is 2.36. The van der Waals surface area contributed by atoms with Gasteiger partial charge in [0.2, 0.25) is 0 Å². The summed E-state index contributed by atoms with van der Waals surface area (Å²) in [6.07, 6.45) is 10.4. The summed E-state index contributed by atoms with van der Waals surface area (Å²) in [7, 11) is -2.02. The van der Waals surface area contributed by atoms with Gasteiger partial charge in [0.05, 0.1) is 39.5 Å². The van der Waals surface area contributed by atoms with E-state index in [1.54, 1.807) is 6.92 Å². The van der Waals surface area contributed by atoms with Crippen molar-refractivity contribution in [3.05, 3.63) is 42.0 Å². The quantitative estimate of drug-likeness (QED) is 0.0487. The van der Waals surface area contributed by atoms with Crippen LogP contribution in [0.2, 0.25) is 0 Å². The molecule has 0 saturated heterocycles. The molecule has 1 aromatic carbocycles. The van der Waals surface area contributed by atoms with Crippen molar-refractivity contribution >= 4 is 22.3 Å². The van der Waals surface area contributed by atoms with Gasteiger partial charge in [0.25, 0.3) is 0 Å². The van der Waals surface area contributed by atoms with Crippen LogP contribution in [0.5, 0.6) is 5.75 Å². The third-order valence-electron chi connectivity index (χ3n) is 7.83.